The third-order valence-electron chi connectivity index (χ3n) is 3.91. The Morgan fingerprint density at radius 3 is 2.44 bits per heavy atom. The normalized spacial score (nSPS) is 21.3. The number of aliphatic hydroxyl groups excluding tert-OH is 1. The van der Waals surface area contributed by atoms with Crippen molar-refractivity contribution in [3.63, 3.8) is 0 Å². The Balaban J connectivity index is 2.03. The quantitative estimate of drug-likeness (QED) is 0.839. The van der Waals surface area contributed by atoms with Gasteiger partial charge in [-0.05, 0) is 30.5 Å². The number of benzene rings is 1. The highest BCUT2D eigenvalue weighted by Crippen LogP contribution is 2.31. The third kappa shape index (κ3) is 3.56. The van der Waals surface area contributed by atoms with Gasteiger partial charge >= 0.3 is 0 Å². The molecule has 1 aromatic rings. The van der Waals surface area contributed by atoms with Crippen molar-refractivity contribution in [2.45, 2.75) is 56.7 Å². The highest BCUT2D eigenvalue weighted by molar-refractivity contribution is 9.10. The first-order valence-corrected chi connectivity index (χ1v) is 7.54. The fourth-order valence-electron chi connectivity index (χ4n) is 2.75. The molecule has 1 unspecified atom stereocenters. The number of hydrogen-bond acceptors (Lipinski definition) is 2. The van der Waals surface area contributed by atoms with Gasteiger partial charge in [-0.3, -0.25) is 0 Å². The topological polar surface area (TPSA) is 40.5 Å². The fraction of sp³-hybridized carbons (Fsp3) is 0.600. The molecule has 0 aromatic heterocycles. The Bertz CT molecular complexity index is 384. The molecule has 0 heterocycles. The Kier molecular flexibility index (Phi) is 4.82. The second-order valence-electron chi connectivity index (χ2n) is 5.37. The van der Waals surface area contributed by atoms with E-state index < -0.39 is 11.7 Å². The van der Waals surface area contributed by atoms with E-state index in [9.17, 15) is 10.2 Å². The molecule has 2 nitrogen and oxygen atoms in total. The molecule has 2 rings (SSSR count). The molecule has 1 aromatic carbocycles. The minimum atomic E-state index is -0.890. The van der Waals surface area contributed by atoms with E-state index in [1.807, 2.05) is 24.3 Å². The monoisotopic (exact) mass is 312 g/mol. The summed E-state index contributed by atoms with van der Waals surface area (Å²) in [6.07, 6.45) is 5.70. The summed E-state index contributed by atoms with van der Waals surface area (Å²) in [6.45, 7) is 0. The molecule has 1 saturated carbocycles. The molecule has 1 atom stereocenters. The Hall–Kier alpha value is -0.380. The number of hydrogen-bond donors (Lipinski definition) is 2. The van der Waals surface area contributed by atoms with Crippen molar-refractivity contribution < 1.29 is 10.2 Å². The van der Waals surface area contributed by atoms with E-state index in [1.165, 1.54) is 12.8 Å². The zero-order valence-electron chi connectivity index (χ0n) is 10.6. The van der Waals surface area contributed by atoms with Crippen molar-refractivity contribution in [2.24, 2.45) is 0 Å². The van der Waals surface area contributed by atoms with Crippen LogP contribution < -0.4 is 0 Å². The van der Waals surface area contributed by atoms with Gasteiger partial charge in [0.1, 0.15) is 0 Å². The van der Waals surface area contributed by atoms with Crippen LogP contribution in [0.4, 0.5) is 0 Å². The summed E-state index contributed by atoms with van der Waals surface area (Å²) in [5.41, 5.74) is 0.174. The lowest BCUT2D eigenvalue weighted by Gasteiger charge is -2.32. The molecule has 0 radical (unpaired) electrons. The van der Waals surface area contributed by atoms with Gasteiger partial charge in [-0.15, -0.1) is 0 Å². The number of halogens is 1. The standard InChI is InChI=1S/C15H21BrO2/c16-13-7-5-6-12(10-13)11-14(17)15(18)8-3-1-2-4-9-15/h5-7,10,14,17-18H,1-4,8-9,11H2. The van der Waals surface area contributed by atoms with Crippen molar-refractivity contribution in [3.05, 3.63) is 34.3 Å². The average molecular weight is 313 g/mol. The first-order valence-electron chi connectivity index (χ1n) is 6.75. The number of rotatable bonds is 3. The van der Waals surface area contributed by atoms with Crippen LogP contribution in [-0.4, -0.2) is 21.9 Å². The lowest BCUT2D eigenvalue weighted by molar-refractivity contribution is -0.0836. The lowest BCUT2D eigenvalue weighted by Crippen LogP contribution is -2.43. The van der Waals surface area contributed by atoms with Crippen LogP contribution in [0.25, 0.3) is 0 Å². The van der Waals surface area contributed by atoms with E-state index in [0.29, 0.717) is 6.42 Å². The molecule has 0 saturated heterocycles. The van der Waals surface area contributed by atoms with Gasteiger partial charge in [0, 0.05) is 10.9 Å². The van der Waals surface area contributed by atoms with Gasteiger partial charge < -0.3 is 10.2 Å². The Morgan fingerprint density at radius 1 is 1.17 bits per heavy atom. The predicted molar refractivity (Wildman–Crippen MR) is 76.5 cm³/mol. The summed E-state index contributed by atoms with van der Waals surface area (Å²) < 4.78 is 1.01. The second kappa shape index (κ2) is 6.18. The van der Waals surface area contributed by atoms with Crippen molar-refractivity contribution in [1.29, 1.82) is 0 Å². The third-order valence-corrected chi connectivity index (χ3v) is 4.40. The summed E-state index contributed by atoms with van der Waals surface area (Å²) in [4.78, 5) is 0. The van der Waals surface area contributed by atoms with E-state index in [-0.39, 0.29) is 0 Å². The van der Waals surface area contributed by atoms with Gasteiger partial charge in [0.25, 0.3) is 0 Å². The van der Waals surface area contributed by atoms with Crippen molar-refractivity contribution in [2.75, 3.05) is 0 Å². The molecule has 1 aliphatic carbocycles. The van der Waals surface area contributed by atoms with Crippen LogP contribution in [0.15, 0.2) is 28.7 Å². The molecule has 3 heteroatoms. The zero-order valence-corrected chi connectivity index (χ0v) is 12.2. The van der Waals surface area contributed by atoms with Gasteiger partial charge in [-0.25, -0.2) is 0 Å². The average Bonchev–Trinajstić information content (AvgIpc) is 2.55. The highest BCUT2D eigenvalue weighted by Gasteiger charge is 2.35. The van der Waals surface area contributed by atoms with Crippen LogP contribution in [-0.2, 0) is 6.42 Å². The molecule has 2 N–H and O–H groups in total. The van der Waals surface area contributed by atoms with E-state index in [1.54, 1.807) is 0 Å². The Labute approximate surface area is 117 Å². The van der Waals surface area contributed by atoms with E-state index >= 15 is 0 Å². The van der Waals surface area contributed by atoms with Crippen molar-refractivity contribution in [3.8, 4) is 0 Å². The van der Waals surface area contributed by atoms with Gasteiger partial charge in [0.2, 0.25) is 0 Å². The molecule has 0 spiro atoms. The summed E-state index contributed by atoms with van der Waals surface area (Å²) in [5, 5.41) is 20.9. The maximum Gasteiger partial charge on any atom is 0.0908 e. The second-order valence-corrected chi connectivity index (χ2v) is 6.28. The molecule has 1 aliphatic rings. The van der Waals surface area contributed by atoms with Crippen LogP contribution >= 0.6 is 15.9 Å². The predicted octanol–water partition coefficient (Wildman–Crippen LogP) is 3.44. The maximum absolute atomic E-state index is 10.6. The molecule has 100 valence electrons. The Morgan fingerprint density at radius 2 is 1.83 bits per heavy atom. The summed E-state index contributed by atoms with van der Waals surface area (Å²) in [7, 11) is 0. The molecule has 0 amide bonds. The van der Waals surface area contributed by atoms with Crippen molar-refractivity contribution >= 4 is 15.9 Å². The largest absolute Gasteiger partial charge is 0.390 e. The van der Waals surface area contributed by atoms with Gasteiger partial charge in [0.15, 0.2) is 0 Å². The minimum Gasteiger partial charge on any atom is -0.390 e. The molecular formula is C15H21BrO2. The fourth-order valence-corrected chi connectivity index (χ4v) is 3.20. The van der Waals surface area contributed by atoms with E-state index in [4.69, 9.17) is 0 Å². The maximum atomic E-state index is 10.6. The van der Waals surface area contributed by atoms with Gasteiger partial charge in [-0.1, -0.05) is 53.7 Å². The molecule has 18 heavy (non-hydrogen) atoms. The van der Waals surface area contributed by atoms with Crippen LogP contribution in [0.1, 0.15) is 44.1 Å². The smallest absolute Gasteiger partial charge is 0.0908 e. The van der Waals surface area contributed by atoms with Crippen LogP contribution in [0.5, 0.6) is 0 Å². The lowest BCUT2D eigenvalue weighted by atomic mass is 9.85. The summed E-state index contributed by atoms with van der Waals surface area (Å²) >= 11 is 3.43. The highest BCUT2D eigenvalue weighted by atomic mass is 79.9. The molecule has 0 bridgehead atoms. The SMILES string of the molecule is OC(Cc1cccc(Br)c1)C1(O)CCCCCC1. The summed E-state index contributed by atoms with van der Waals surface area (Å²) in [6, 6.07) is 7.93. The molecule has 1 fully saturated rings. The van der Waals surface area contributed by atoms with Crippen molar-refractivity contribution in [1.82, 2.24) is 0 Å². The first kappa shape index (κ1) is 14.0. The molecular weight excluding hydrogens is 292 g/mol. The summed E-state index contributed by atoms with van der Waals surface area (Å²) in [5.74, 6) is 0. The van der Waals surface area contributed by atoms with Gasteiger partial charge in [-0.2, -0.15) is 0 Å². The minimum absolute atomic E-state index is 0.524. The van der Waals surface area contributed by atoms with E-state index in [0.717, 1.165) is 35.7 Å². The van der Waals surface area contributed by atoms with Crippen LogP contribution in [0, 0.1) is 0 Å². The first-order chi connectivity index (χ1) is 8.60. The van der Waals surface area contributed by atoms with Crippen LogP contribution in [0.3, 0.4) is 0 Å². The molecule has 0 aliphatic heterocycles. The van der Waals surface area contributed by atoms with E-state index in [2.05, 4.69) is 15.9 Å². The number of aliphatic hydroxyl groups is 2. The zero-order chi connectivity index (χ0) is 13.0. The van der Waals surface area contributed by atoms with Gasteiger partial charge in [0.05, 0.1) is 11.7 Å². The van der Waals surface area contributed by atoms with Crippen LogP contribution in [0.2, 0.25) is 0 Å².